The second-order valence-corrected chi connectivity index (χ2v) is 8.23. The van der Waals surface area contributed by atoms with Crippen molar-refractivity contribution in [2.24, 2.45) is 0 Å². The van der Waals surface area contributed by atoms with Gasteiger partial charge in [0.25, 0.3) is 0 Å². The number of rotatable bonds is 3. The zero-order valence-electron chi connectivity index (χ0n) is 17.1. The lowest BCUT2D eigenvalue weighted by molar-refractivity contribution is 0.0734. The molecule has 1 aliphatic heterocycles. The van der Waals surface area contributed by atoms with Gasteiger partial charge in [-0.1, -0.05) is 63.2 Å². The predicted octanol–water partition coefficient (Wildman–Crippen LogP) is 5.82. The third-order valence-corrected chi connectivity index (χ3v) is 4.94. The van der Waals surface area contributed by atoms with Gasteiger partial charge < -0.3 is 9.47 Å². The number of fused-ring (bicyclic) bond motifs is 1. The second-order valence-electron chi connectivity index (χ2n) is 8.23. The van der Waals surface area contributed by atoms with Crippen LogP contribution in [0.15, 0.2) is 78.6 Å². The van der Waals surface area contributed by atoms with Gasteiger partial charge in [-0.2, -0.15) is 0 Å². The third kappa shape index (κ3) is 4.03. The first-order chi connectivity index (χ1) is 14.3. The van der Waals surface area contributed by atoms with Gasteiger partial charge in [0.05, 0.1) is 11.1 Å². The lowest BCUT2D eigenvalue weighted by atomic mass is 9.87. The van der Waals surface area contributed by atoms with Crippen LogP contribution in [0.25, 0.3) is 6.08 Å². The van der Waals surface area contributed by atoms with Crippen LogP contribution in [0.4, 0.5) is 0 Å². The molecule has 0 amide bonds. The van der Waals surface area contributed by atoms with Crippen molar-refractivity contribution in [3.05, 3.63) is 101 Å². The summed E-state index contributed by atoms with van der Waals surface area (Å²) in [6.07, 6.45) is 1.70. The van der Waals surface area contributed by atoms with Crippen LogP contribution >= 0.6 is 0 Å². The number of Topliss-reactive ketones (excluding diaryl/α,β-unsaturated/α-hetero) is 1. The highest BCUT2D eigenvalue weighted by atomic mass is 16.5. The molecular formula is C26H22O4. The molecule has 0 radical (unpaired) electrons. The van der Waals surface area contributed by atoms with E-state index in [4.69, 9.17) is 9.47 Å². The van der Waals surface area contributed by atoms with Crippen molar-refractivity contribution in [1.29, 1.82) is 0 Å². The van der Waals surface area contributed by atoms with E-state index in [2.05, 4.69) is 20.8 Å². The molecule has 1 heterocycles. The van der Waals surface area contributed by atoms with E-state index in [1.807, 2.05) is 42.5 Å². The summed E-state index contributed by atoms with van der Waals surface area (Å²) in [4.78, 5) is 25.1. The van der Waals surface area contributed by atoms with Gasteiger partial charge in [0, 0.05) is 6.07 Å². The number of ether oxygens (including phenoxy) is 2. The highest BCUT2D eigenvalue weighted by Crippen LogP contribution is 2.35. The quantitative estimate of drug-likeness (QED) is 0.317. The highest BCUT2D eigenvalue weighted by molar-refractivity contribution is 6.14. The standard InChI is InChI=1S/C26H22O4/c1-26(2,3)19-11-9-18(10-12-19)25(28)29-20-13-14-21-22(16-20)30-23(24(21)27)15-17-7-5-4-6-8-17/h4-16H,1-3H3/b23-15-. The van der Waals surface area contributed by atoms with E-state index in [-0.39, 0.29) is 17.0 Å². The summed E-state index contributed by atoms with van der Waals surface area (Å²) in [5, 5.41) is 0. The summed E-state index contributed by atoms with van der Waals surface area (Å²) in [6.45, 7) is 6.35. The SMILES string of the molecule is CC(C)(C)c1ccc(C(=O)Oc2ccc3c(c2)O/C(=C\c2ccccc2)C3=O)cc1. The van der Waals surface area contributed by atoms with Gasteiger partial charge in [0.15, 0.2) is 5.76 Å². The van der Waals surface area contributed by atoms with E-state index in [9.17, 15) is 9.59 Å². The Labute approximate surface area is 175 Å². The molecule has 4 rings (SSSR count). The van der Waals surface area contributed by atoms with Gasteiger partial charge in [0.1, 0.15) is 11.5 Å². The summed E-state index contributed by atoms with van der Waals surface area (Å²) < 4.78 is 11.2. The number of esters is 1. The fourth-order valence-corrected chi connectivity index (χ4v) is 3.20. The molecule has 0 N–H and O–H groups in total. The summed E-state index contributed by atoms with van der Waals surface area (Å²) in [5.41, 5.74) is 2.94. The van der Waals surface area contributed by atoms with Gasteiger partial charge in [-0.15, -0.1) is 0 Å². The average Bonchev–Trinajstić information content (AvgIpc) is 3.03. The number of carbonyl (C=O) groups excluding carboxylic acids is 2. The van der Waals surface area contributed by atoms with Gasteiger partial charge in [-0.25, -0.2) is 4.79 Å². The summed E-state index contributed by atoms with van der Waals surface area (Å²) in [5.74, 6) is 0.310. The first-order valence-corrected chi connectivity index (χ1v) is 9.77. The molecule has 3 aromatic carbocycles. The number of benzene rings is 3. The maximum absolute atomic E-state index is 12.6. The monoisotopic (exact) mass is 398 g/mol. The molecular weight excluding hydrogens is 376 g/mol. The maximum atomic E-state index is 12.6. The molecule has 30 heavy (non-hydrogen) atoms. The van der Waals surface area contributed by atoms with Crippen LogP contribution in [-0.2, 0) is 5.41 Å². The number of hydrogen-bond donors (Lipinski definition) is 0. The van der Waals surface area contributed by atoms with Crippen molar-refractivity contribution in [3.8, 4) is 11.5 Å². The van der Waals surface area contributed by atoms with Gasteiger partial charge >= 0.3 is 5.97 Å². The molecule has 4 heteroatoms. The van der Waals surface area contributed by atoms with E-state index in [1.54, 1.807) is 36.4 Å². The molecule has 150 valence electrons. The normalized spacial score (nSPS) is 14.4. The van der Waals surface area contributed by atoms with Crippen LogP contribution in [-0.4, -0.2) is 11.8 Å². The first-order valence-electron chi connectivity index (χ1n) is 9.77. The molecule has 0 bridgehead atoms. The van der Waals surface area contributed by atoms with Crippen LogP contribution in [0.5, 0.6) is 11.5 Å². The Kier molecular flexibility index (Phi) is 5.00. The fraction of sp³-hybridized carbons (Fsp3) is 0.154. The Bertz CT molecular complexity index is 1130. The third-order valence-electron chi connectivity index (χ3n) is 4.94. The van der Waals surface area contributed by atoms with Crippen molar-refractivity contribution >= 4 is 17.8 Å². The van der Waals surface area contributed by atoms with Crippen molar-refractivity contribution in [2.75, 3.05) is 0 Å². The van der Waals surface area contributed by atoms with E-state index >= 15 is 0 Å². The second kappa shape index (κ2) is 7.64. The van der Waals surface area contributed by atoms with E-state index in [1.165, 1.54) is 0 Å². The van der Waals surface area contributed by atoms with Crippen molar-refractivity contribution < 1.29 is 19.1 Å². The van der Waals surface area contributed by atoms with Gasteiger partial charge in [0.2, 0.25) is 5.78 Å². The minimum absolute atomic E-state index is 0.0112. The Balaban J connectivity index is 1.51. The Morgan fingerprint density at radius 2 is 1.63 bits per heavy atom. The van der Waals surface area contributed by atoms with Crippen LogP contribution in [0.2, 0.25) is 0 Å². The molecule has 0 spiro atoms. The number of ketones is 1. The van der Waals surface area contributed by atoms with Crippen molar-refractivity contribution in [3.63, 3.8) is 0 Å². The van der Waals surface area contributed by atoms with Crippen LogP contribution in [0.1, 0.15) is 52.6 Å². The Morgan fingerprint density at radius 3 is 2.30 bits per heavy atom. The van der Waals surface area contributed by atoms with Crippen molar-refractivity contribution in [1.82, 2.24) is 0 Å². The summed E-state index contributed by atoms with van der Waals surface area (Å²) in [7, 11) is 0. The van der Waals surface area contributed by atoms with E-state index < -0.39 is 5.97 Å². The van der Waals surface area contributed by atoms with Crippen LogP contribution in [0, 0.1) is 0 Å². The Morgan fingerprint density at radius 1 is 0.933 bits per heavy atom. The molecule has 0 unspecified atom stereocenters. The molecule has 0 saturated heterocycles. The molecule has 0 saturated carbocycles. The van der Waals surface area contributed by atoms with Gasteiger partial charge in [-0.3, -0.25) is 4.79 Å². The lowest BCUT2D eigenvalue weighted by Gasteiger charge is -2.18. The fourth-order valence-electron chi connectivity index (χ4n) is 3.20. The van der Waals surface area contributed by atoms with Crippen LogP contribution < -0.4 is 9.47 Å². The minimum atomic E-state index is -0.459. The summed E-state index contributed by atoms with van der Waals surface area (Å²) >= 11 is 0. The van der Waals surface area contributed by atoms with E-state index in [0.717, 1.165) is 11.1 Å². The van der Waals surface area contributed by atoms with Crippen LogP contribution in [0.3, 0.4) is 0 Å². The average molecular weight is 398 g/mol. The molecule has 3 aromatic rings. The number of carbonyl (C=O) groups is 2. The molecule has 1 aliphatic rings. The molecule has 4 nitrogen and oxygen atoms in total. The molecule has 0 aromatic heterocycles. The maximum Gasteiger partial charge on any atom is 0.343 e. The molecule has 0 aliphatic carbocycles. The number of hydrogen-bond acceptors (Lipinski definition) is 4. The molecule has 0 fully saturated rings. The smallest absolute Gasteiger partial charge is 0.343 e. The van der Waals surface area contributed by atoms with Crippen molar-refractivity contribution in [2.45, 2.75) is 26.2 Å². The zero-order chi connectivity index (χ0) is 21.3. The highest BCUT2D eigenvalue weighted by Gasteiger charge is 2.28. The predicted molar refractivity (Wildman–Crippen MR) is 116 cm³/mol. The zero-order valence-corrected chi connectivity index (χ0v) is 17.1. The van der Waals surface area contributed by atoms with Gasteiger partial charge in [-0.05, 0) is 46.9 Å². The van der Waals surface area contributed by atoms with E-state index in [0.29, 0.717) is 22.6 Å². The minimum Gasteiger partial charge on any atom is -0.452 e. The number of allylic oxidation sites excluding steroid dienone is 1. The summed E-state index contributed by atoms with van der Waals surface area (Å²) in [6, 6.07) is 21.7. The lowest BCUT2D eigenvalue weighted by Crippen LogP contribution is -2.12. The Hall–Kier alpha value is -3.66. The topological polar surface area (TPSA) is 52.6 Å². The first kappa shape index (κ1) is 19.6. The largest absolute Gasteiger partial charge is 0.452 e. The molecule has 0 atom stereocenters.